The Kier molecular flexibility index (Phi) is 5.84. The summed E-state index contributed by atoms with van der Waals surface area (Å²) in [5.74, 6) is 2.84. The first kappa shape index (κ1) is 21.5. The van der Waals surface area contributed by atoms with E-state index in [1.165, 1.54) is 0 Å². The molecule has 170 valence electrons. The van der Waals surface area contributed by atoms with Gasteiger partial charge in [-0.25, -0.2) is 19.9 Å². The Morgan fingerprint density at radius 1 is 1.15 bits per heavy atom. The molecule has 0 aliphatic carbocycles. The third-order valence-corrected chi connectivity index (χ3v) is 5.63. The SMILES string of the molecule is COc1cncc2nc(-c3ccnc(Nc4cc(C#N)ccn4)c3)nc(N3CCC[C@@H](O)C3)c12. The second kappa shape index (κ2) is 9.25. The van der Waals surface area contributed by atoms with Crippen LogP contribution in [-0.4, -0.2) is 56.3 Å². The lowest BCUT2D eigenvalue weighted by atomic mass is 10.1. The number of nitriles is 1. The van der Waals surface area contributed by atoms with Crippen molar-refractivity contribution in [3.63, 3.8) is 0 Å². The number of β-amino-alcohol motifs (C(OH)–C–C–N with tert-alkyl or cyclic N) is 1. The number of aliphatic hydroxyl groups is 1. The van der Waals surface area contributed by atoms with Crippen molar-refractivity contribution in [2.75, 3.05) is 30.4 Å². The Morgan fingerprint density at radius 2 is 1.97 bits per heavy atom. The number of piperidine rings is 1. The highest BCUT2D eigenvalue weighted by Gasteiger charge is 2.24. The zero-order valence-electron chi connectivity index (χ0n) is 18.5. The van der Waals surface area contributed by atoms with Crippen molar-refractivity contribution in [2.24, 2.45) is 0 Å². The van der Waals surface area contributed by atoms with Gasteiger partial charge in [-0.15, -0.1) is 0 Å². The van der Waals surface area contributed by atoms with Gasteiger partial charge in [0.15, 0.2) is 5.82 Å². The molecule has 0 unspecified atom stereocenters. The van der Waals surface area contributed by atoms with Crippen LogP contribution in [0.3, 0.4) is 0 Å². The van der Waals surface area contributed by atoms with E-state index in [0.29, 0.717) is 46.7 Å². The van der Waals surface area contributed by atoms with Gasteiger partial charge in [-0.05, 0) is 37.1 Å². The van der Waals surface area contributed by atoms with Gasteiger partial charge in [-0.3, -0.25) is 4.98 Å². The van der Waals surface area contributed by atoms with Gasteiger partial charge in [0.1, 0.15) is 23.2 Å². The number of aromatic nitrogens is 5. The predicted molar refractivity (Wildman–Crippen MR) is 127 cm³/mol. The highest BCUT2D eigenvalue weighted by atomic mass is 16.5. The summed E-state index contributed by atoms with van der Waals surface area (Å²) in [6.07, 6.45) is 7.78. The molecule has 34 heavy (non-hydrogen) atoms. The summed E-state index contributed by atoms with van der Waals surface area (Å²) in [7, 11) is 1.59. The lowest BCUT2D eigenvalue weighted by Crippen LogP contribution is -2.39. The molecule has 0 amide bonds. The van der Waals surface area contributed by atoms with Crippen molar-refractivity contribution in [3.05, 3.63) is 54.6 Å². The third kappa shape index (κ3) is 4.29. The molecule has 0 spiro atoms. The van der Waals surface area contributed by atoms with Crippen molar-refractivity contribution in [1.82, 2.24) is 24.9 Å². The van der Waals surface area contributed by atoms with Crippen LogP contribution < -0.4 is 15.0 Å². The van der Waals surface area contributed by atoms with E-state index in [4.69, 9.17) is 20.0 Å². The van der Waals surface area contributed by atoms with Gasteiger partial charge in [0.2, 0.25) is 0 Å². The van der Waals surface area contributed by atoms with E-state index >= 15 is 0 Å². The van der Waals surface area contributed by atoms with Crippen LogP contribution in [0.4, 0.5) is 17.5 Å². The summed E-state index contributed by atoms with van der Waals surface area (Å²) in [5.41, 5.74) is 1.90. The van der Waals surface area contributed by atoms with Crippen molar-refractivity contribution >= 4 is 28.4 Å². The molecular formula is C24H22N8O2. The fraction of sp³-hybridized carbons (Fsp3) is 0.250. The number of methoxy groups -OCH3 is 1. The first-order valence-electron chi connectivity index (χ1n) is 10.9. The van der Waals surface area contributed by atoms with Gasteiger partial charge >= 0.3 is 0 Å². The summed E-state index contributed by atoms with van der Waals surface area (Å²) in [6, 6.07) is 9.04. The van der Waals surface area contributed by atoms with Crippen LogP contribution >= 0.6 is 0 Å². The summed E-state index contributed by atoms with van der Waals surface area (Å²) < 4.78 is 5.55. The smallest absolute Gasteiger partial charge is 0.162 e. The topological polar surface area (TPSA) is 133 Å². The van der Waals surface area contributed by atoms with Crippen LogP contribution in [0, 0.1) is 11.3 Å². The summed E-state index contributed by atoms with van der Waals surface area (Å²) in [5, 5.41) is 23.3. The highest BCUT2D eigenvalue weighted by Crippen LogP contribution is 2.35. The molecule has 4 aromatic rings. The number of hydrogen-bond donors (Lipinski definition) is 2. The van der Waals surface area contributed by atoms with Gasteiger partial charge in [0.25, 0.3) is 0 Å². The third-order valence-electron chi connectivity index (χ3n) is 5.63. The van der Waals surface area contributed by atoms with Crippen molar-refractivity contribution in [1.29, 1.82) is 5.26 Å². The number of nitrogens with zero attached hydrogens (tertiary/aromatic N) is 7. The standard InChI is InChI=1S/C24H22N8O2/c1-34-19-13-26-12-18-22(19)24(32-8-2-3-17(33)14-32)31-23(29-18)16-5-7-28-21(10-16)30-20-9-15(11-25)4-6-27-20/h4-7,9-10,12-13,17,33H,2-3,8,14H2,1H3,(H,27,28,30)/t17-/m1/s1. The Morgan fingerprint density at radius 3 is 2.76 bits per heavy atom. The fourth-order valence-electron chi connectivity index (χ4n) is 4.03. The van der Waals surface area contributed by atoms with E-state index in [1.54, 1.807) is 44.0 Å². The van der Waals surface area contributed by atoms with Gasteiger partial charge in [-0.2, -0.15) is 5.26 Å². The molecule has 2 N–H and O–H groups in total. The normalized spacial score (nSPS) is 15.7. The Balaban J connectivity index is 1.57. The molecule has 0 radical (unpaired) electrons. The zero-order valence-corrected chi connectivity index (χ0v) is 18.5. The number of pyridine rings is 3. The van der Waals surface area contributed by atoms with Crippen LogP contribution in [0.15, 0.2) is 49.1 Å². The molecule has 0 bridgehead atoms. The van der Waals surface area contributed by atoms with E-state index in [0.717, 1.165) is 30.3 Å². The molecule has 1 aliphatic heterocycles. The second-order valence-electron chi connectivity index (χ2n) is 7.95. The minimum Gasteiger partial charge on any atom is -0.494 e. The molecule has 10 nitrogen and oxygen atoms in total. The molecule has 4 aromatic heterocycles. The Hall–Kier alpha value is -4.36. The van der Waals surface area contributed by atoms with Crippen molar-refractivity contribution < 1.29 is 9.84 Å². The monoisotopic (exact) mass is 454 g/mol. The van der Waals surface area contributed by atoms with E-state index in [-0.39, 0.29) is 0 Å². The number of rotatable bonds is 5. The molecule has 0 saturated carbocycles. The summed E-state index contributed by atoms with van der Waals surface area (Å²) in [6.45, 7) is 1.26. The van der Waals surface area contributed by atoms with Crippen molar-refractivity contribution in [3.8, 4) is 23.2 Å². The number of ether oxygens (including phenoxy) is 1. The fourth-order valence-corrected chi connectivity index (χ4v) is 4.03. The largest absolute Gasteiger partial charge is 0.494 e. The van der Waals surface area contributed by atoms with Crippen LogP contribution in [0.1, 0.15) is 18.4 Å². The number of hydrogen-bond acceptors (Lipinski definition) is 10. The van der Waals surface area contributed by atoms with Crippen molar-refractivity contribution in [2.45, 2.75) is 18.9 Å². The maximum atomic E-state index is 10.3. The molecule has 1 saturated heterocycles. The molecule has 5 heterocycles. The highest BCUT2D eigenvalue weighted by molar-refractivity contribution is 5.95. The van der Waals surface area contributed by atoms with Gasteiger partial charge in [-0.1, -0.05) is 0 Å². The quantitative estimate of drug-likeness (QED) is 0.463. The number of aliphatic hydroxyl groups excluding tert-OH is 1. The molecule has 1 atom stereocenters. The molecule has 0 aromatic carbocycles. The molecule has 10 heteroatoms. The summed E-state index contributed by atoms with van der Waals surface area (Å²) in [4.78, 5) is 24.6. The average Bonchev–Trinajstić information content (AvgIpc) is 2.88. The van der Waals surface area contributed by atoms with Crippen LogP contribution in [0.5, 0.6) is 5.75 Å². The van der Waals surface area contributed by atoms with Gasteiger partial charge < -0.3 is 20.1 Å². The minimum absolute atomic E-state index is 0.413. The average molecular weight is 454 g/mol. The van der Waals surface area contributed by atoms with Crippen LogP contribution in [-0.2, 0) is 0 Å². The molecule has 5 rings (SSSR count). The second-order valence-corrected chi connectivity index (χ2v) is 7.95. The number of anilines is 3. The maximum Gasteiger partial charge on any atom is 0.162 e. The van der Waals surface area contributed by atoms with Crippen LogP contribution in [0.25, 0.3) is 22.3 Å². The first-order valence-corrected chi connectivity index (χ1v) is 10.9. The first-order chi connectivity index (χ1) is 16.6. The number of nitrogens with one attached hydrogen (secondary N) is 1. The number of fused-ring (bicyclic) bond motifs is 1. The van der Waals surface area contributed by atoms with Gasteiger partial charge in [0, 0.05) is 31.0 Å². The minimum atomic E-state index is -0.413. The van der Waals surface area contributed by atoms with Gasteiger partial charge in [0.05, 0.1) is 48.1 Å². The van der Waals surface area contributed by atoms with E-state index in [1.807, 2.05) is 12.1 Å². The lowest BCUT2D eigenvalue weighted by molar-refractivity contribution is 0.154. The van der Waals surface area contributed by atoms with Crippen LogP contribution in [0.2, 0.25) is 0 Å². The molecule has 1 fully saturated rings. The Labute approximate surface area is 195 Å². The summed E-state index contributed by atoms with van der Waals surface area (Å²) >= 11 is 0. The van der Waals surface area contributed by atoms with E-state index in [9.17, 15) is 5.11 Å². The van der Waals surface area contributed by atoms with E-state index in [2.05, 4.69) is 31.2 Å². The maximum absolute atomic E-state index is 10.3. The Bertz CT molecular complexity index is 1390. The molecule has 1 aliphatic rings. The zero-order chi connectivity index (χ0) is 23.5. The lowest BCUT2D eigenvalue weighted by Gasteiger charge is -2.32. The molecular weight excluding hydrogens is 432 g/mol. The van der Waals surface area contributed by atoms with E-state index < -0.39 is 6.10 Å². The predicted octanol–water partition coefficient (Wildman–Crippen LogP) is 3.07.